The number of hydrogen-bond acceptors (Lipinski definition) is 21. The molecule has 21 heteroatoms. The third-order valence-corrected chi connectivity index (χ3v) is 20.2. The standard InChI is InChI=1S/C92H114O20.CH2O/c1-9-11-12-13-32-110-87-28-22-75(61-82(87)90(96)109-10-2)92(74-20-16-67(5)81(60-74)68(6)95)84-56-66(4)15-25-78(84)80-27-19-70(59-86(80)92)69-18-26-79-77-24-14-65(3)55-83(77)91(85(79)58-69,73-21-17-71(63-107-49-47-103-41-39-99-33-30-93)72(57-73)64-108-50-48-104-42-40-100-34-31-94)76-23-29-88(111-53-51-105-45-43-101-37-35-97-7)89(62-76)112-54-52-106-46-44-102-38-36-98-8;1-2/h14-29,55-62,93-94H,9-13,30-54,63-64H2,1-8H3;1H2. The molecule has 0 aliphatic heterocycles. The third kappa shape index (κ3) is 22.9. The van der Waals surface area contributed by atoms with Crippen molar-refractivity contribution in [2.75, 3.05) is 186 Å². The van der Waals surface area contributed by atoms with Gasteiger partial charge in [0.25, 0.3) is 0 Å². The highest BCUT2D eigenvalue weighted by Gasteiger charge is 2.50. The van der Waals surface area contributed by atoms with E-state index in [1.54, 1.807) is 21.1 Å². The van der Waals surface area contributed by atoms with Crippen LogP contribution in [0.2, 0.25) is 0 Å². The Morgan fingerprint density at radius 2 is 0.754 bits per heavy atom. The first-order valence-corrected chi connectivity index (χ1v) is 39.7. The number of fused-ring (bicyclic) bond motifs is 6. The molecule has 614 valence electrons. The fourth-order valence-corrected chi connectivity index (χ4v) is 14.8. The summed E-state index contributed by atoms with van der Waals surface area (Å²) in [5.74, 6) is 0.930. The Hall–Kier alpha value is -8.59. The Kier molecular flexibility index (Phi) is 37.2. The van der Waals surface area contributed by atoms with Gasteiger partial charge >= 0.3 is 5.97 Å². The van der Waals surface area contributed by atoms with E-state index in [9.17, 15) is 19.8 Å². The number of aliphatic hydroxyl groups excluding tert-OH is 2. The van der Waals surface area contributed by atoms with Gasteiger partial charge in [-0.1, -0.05) is 140 Å². The maximum atomic E-state index is 14.5. The van der Waals surface area contributed by atoms with Crippen molar-refractivity contribution in [3.63, 3.8) is 0 Å². The van der Waals surface area contributed by atoms with E-state index in [1.807, 2.05) is 51.0 Å². The summed E-state index contributed by atoms with van der Waals surface area (Å²) in [4.78, 5) is 36.4. The fraction of sp³-hybridized carbons (Fsp3) is 0.452. The zero-order chi connectivity index (χ0) is 80.9. The maximum Gasteiger partial charge on any atom is 0.341 e. The minimum absolute atomic E-state index is 0.0566. The summed E-state index contributed by atoms with van der Waals surface area (Å²) >= 11 is 0. The van der Waals surface area contributed by atoms with E-state index >= 15 is 0 Å². The zero-order valence-corrected chi connectivity index (χ0v) is 67.8. The summed E-state index contributed by atoms with van der Waals surface area (Å²) in [6, 6.07) is 51.9. The van der Waals surface area contributed by atoms with Crippen LogP contribution in [0, 0.1) is 20.8 Å². The van der Waals surface area contributed by atoms with Crippen LogP contribution in [0.15, 0.2) is 146 Å². The van der Waals surface area contributed by atoms with Crippen LogP contribution in [0.3, 0.4) is 0 Å². The lowest BCUT2D eigenvalue weighted by atomic mass is 9.66. The van der Waals surface area contributed by atoms with E-state index in [1.165, 1.54) is 0 Å². The maximum absolute atomic E-state index is 14.5. The lowest BCUT2D eigenvalue weighted by Gasteiger charge is -2.36. The lowest BCUT2D eigenvalue weighted by molar-refractivity contribution is -0.0980. The minimum Gasteiger partial charge on any atom is -0.493 e. The molecule has 21 nitrogen and oxygen atoms in total. The van der Waals surface area contributed by atoms with Gasteiger partial charge in [-0.3, -0.25) is 4.79 Å². The number of ketones is 1. The Morgan fingerprint density at radius 3 is 1.24 bits per heavy atom. The van der Waals surface area contributed by atoms with Crippen LogP contribution in [-0.2, 0) is 90.4 Å². The number of carbonyl (C=O) groups excluding carboxylic acids is 3. The van der Waals surface area contributed by atoms with Gasteiger partial charge in [0.2, 0.25) is 0 Å². The van der Waals surface area contributed by atoms with Crippen LogP contribution >= 0.6 is 0 Å². The molecular weight excluding hydrogens is 1450 g/mol. The summed E-state index contributed by atoms with van der Waals surface area (Å²) in [5.41, 5.74) is 17.1. The van der Waals surface area contributed by atoms with E-state index in [0.717, 1.165) is 131 Å². The largest absolute Gasteiger partial charge is 0.493 e. The summed E-state index contributed by atoms with van der Waals surface area (Å²) in [5, 5.41) is 18.5. The van der Waals surface area contributed by atoms with E-state index in [0.29, 0.717) is 141 Å². The highest BCUT2D eigenvalue weighted by atomic mass is 16.6. The minimum atomic E-state index is -1.10. The Morgan fingerprint density at radius 1 is 0.360 bits per heavy atom. The molecule has 8 aromatic rings. The molecule has 2 N–H and O–H groups in total. The molecule has 2 aliphatic carbocycles. The number of Topliss-reactive ketones (excluding diaryl/α,β-unsaturated/α-hetero) is 1. The number of methoxy groups -OCH3 is 2. The van der Waals surface area contributed by atoms with E-state index in [2.05, 4.69) is 136 Å². The second-order valence-corrected chi connectivity index (χ2v) is 27.8. The van der Waals surface area contributed by atoms with Gasteiger partial charge < -0.3 is 90.8 Å². The Bertz CT molecular complexity index is 4210. The van der Waals surface area contributed by atoms with Crippen molar-refractivity contribution in [2.24, 2.45) is 0 Å². The van der Waals surface area contributed by atoms with Crippen molar-refractivity contribution in [1.82, 2.24) is 0 Å². The van der Waals surface area contributed by atoms with Crippen molar-refractivity contribution < 1.29 is 100 Å². The highest BCUT2D eigenvalue weighted by molar-refractivity contribution is 5.98. The van der Waals surface area contributed by atoms with Crippen molar-refractivity contribution in [3.05, 3.63) is 229 Å². The molecule has 8 aromatic carbocycles. The van der Waals surface area contributed by atoms with Gasteiger partial charge in [-0.25, -0.2) is 4.79 Å². The van der Waals surface area contributed by atoms with Crippen LogP contribution in [0.4, 0.5) is 0 Å². The first-order chi connectivity index (χ1) is 55.9. The summed E-state index contributed by atoms with van der Waals surface area (Å²) in [6.07, 6.45) is 4.00. The fourth-order valence-electron chi connectivity index (χ4n) is 14.8. The van der Waals surface area contributed by atoms with Gasteiger partial charge in [0.15, 0.2) is 17.3 Å². The average Bonchev–Trinajstić information content (AvgIpc) is 1.53. The Balaban J connectivity index is 0.00000738. The van der Waals surface area contributed by atoms with Crippen LogP contribution in [0.5, 0.6) is 17.2 Å². The molecular formula is C93H116O21. The smallest absolute Gasteiger partial charge is 0.341 e. The van der Waals surface area contributed by atoms with Gasteiger partial charge in [0.05, 0.1) is 183 Å². The number of hydrogen-bond donors (Lipinski definition) is 2. The van der Waals surface area contributed by atoms with Gasteiger partial charge in [0.1, 0.15) is 31.3 Å². The number of unbranched alkanes of at least 4 members (excludes halogenated alkanes) is 3. The molecule has 0 bridgehead atoms. The first kappa shape index (κ1) is 89.3. The molecule has 0 radical (unpaired) electrons. The lowest BCUT2D eigenvalue weighted by Crippen LogP contribution is -2.30. The molecule has 10 rings (SSSR count). The topological polar surface area (TPSA) is 239 Å². The van der Waals surface area contributed by atoms with Crippen molar-refractivity contribution in [3.8, 4) is 50.6 Å². The molecule has 2 unspecified atom stereocenters. The van der Waals surface area contributed by atoms with Crippen molar-refractivity contribution >= 4 is 18.5 Å². The van der Waals surface area contributed by atoms with E-state index in [4.69, 9.17) is 80.6 Å². The van der Waals surface area contributed by atoms with Gasteiger partial charge in [-0.05, 0) is 178 Å². The summed E-state index contributed by atoms with van der Waals surface area (Å²) in [6.45, 7) is 22.3. The van der Waals surface area contributed by atoms with Gasteiger partial charge in [-0.2, -0.15) is 0 Å². The van der Waals surface area contributed by atoms with Crippen LogP contribution in [0.25, 0.3) is 33.4 Å². The molecule has 0 saturated heterocycles. The molecule has 0 fully saturated rings. The predicted octanol–water partition coefficient (Wildman–Crippen LogP) is 14.4. The van der Waals surface area contributed by atoms with Crippen LogP contribution in [-0.4, -0.2) is 215 Å². The molecule has 0 amide bonds. The van der Waals surface area contributed by atoms with Crippen molar-refractivity contribution in [2.45, 2.75) is 91.3 Å². The number of rotatable bonds is 54. The molecule has 0 spiro atoms. The molecule has 0 aromatic heterocycles. The third-order valence-electron chi connectivity index (χ3n) is 20.2. The van der Waals surface area contributed by atoms with Crippen molar-refractivity contribution in [1.29, 1.82) is 0 Å². The highest BCUT2D eigenvalue weighted by Crippen LogP contribution is 2.60. The molecule has 0 saturated carbocycles. The zero-order valence-electron chi connectivity index (χ0n) is 67.8. The number of benzene rings is 8. The second-order valence-electron chi connectivity index (χ2n) is 27.8. The monoisotopic (exact) mass is 1570 g/mol. The first-order valence-electron chi connectivity index (χ1n) is 39.7. The summed E-state index contributed by atoms with van der Waals surface area (Å²) < 4.78 is 95.4. The number of carbonyl (C=O) groups is 3. The number of aliphatic hydroxyl groups is 2. The Labute approximate surface area is 672 Å². The normalized spacial score (nSPS) is 14.4. The molecule has 2 aliphatic rings. The number of aryl methyl sites for hydroxylation is 3. The quantitative estimate of drug-likeness (QED) is 0.0205. The van der Waals surface area contributed by atoms with E-state index < -0.39 is 16.8 Å². The second kappa shape index (κ2) is 47.4. The molecule has 0 heterocycles. The number of esters is 1. The average molecular weight is 1570 g/mol. The van der Waals surface area contributed by atoms with Crippen LogP contribution in [0.1, 0.15) is 139 Å². The van der Waals surface area contributed by atoms with Crippen LogP contribution < -0.4 is 14.2 Å². The molecule has 114 heavy (non-hydrogen) atoms. The van der Waals surface area contributed by atoms with Gasteiger partial charge in [0, 0.05) is 19.8 Å². The van der Waals surface area contributed by atoms with Gasteiger partial charge in [-0.15, -0.1) is 0 Å². The summed E-state index contributed by atoms with van der Waals surface area (Å²) in [7, 11) is 3.28. The SMILES string of the molecule is C=O.CCCCCCOc1ccc(C2(c3ccc(C)c(C(C)=O)c3)c3cc(C)ccc3-c3ccc(-c4ccc5c(c4)C(c4ccc(COCCOCCOCCO)c(COCCOCCOCCO)c4)(c4ccc(OCCOCCOCCOC)c(OCCOCCOCCOC)c4)c4cc(C)ccc4-5)cc32)cc1C(=O)OCC. The predicted molar refractivity (Wildman–Crippen MR) is 438 cm³/mol. The number of ether oxygens (including phenoxy) is 16. The molecule has 2 atom stereocenters. The van der Waals surface area contributed by atoms with E-state index in [-0.39, 0.29) is 78.5 Å².